The smallest absolute Gasteiger partial charge is 0.269 e. The van der Waals surface area contributed by atoms with E-state index in [4.69, 9.17) is 4.74 Å². The van der Waals surface area contributed by atoms with Gasteiger partial charge in [0, 0.05) is 36.8 Å². The molecule has 1 N–H and O–H groups in total. The highest BCUT2D eigenvalue weighted by Gasteiger charge is 2.35. The summed E-state index contributed by atoms with van der Waals surface area (Å²) in [5, 5.41) is 13.4. The average Bonchev–Trinajstić information content (AvgIpc) is 3.21. The van der Waals surface area contributed by atoms with E-state index in [1.165, 1.54) is 47.8 Å². The predicted octanol–water partition coefficient (Wildman–Crippen LogP) is 2.19. The molecule has 1 atom stereocenters. The highest BCUT2D eigenvalue weighted by molar-refractivity contribution is 7.89. The van der Waals surface area contributed by atoms with Crippen LogP contribution in [-0.4, -0.2) is 49.8 Å². The first-order chi connectivity index (χ1) is 13.8. The Morgan fingerprint density at radius 3 is 2.45 bits per heavy atom. The van der Waals surface area contributed by atoms with Crippen molar-refractivity contribution in [1.82, 2.24) is 9.62 Å². The minimum atomic E-state index is -3.69. The first-order valence-electron chi connectivity index (χ1n) is 9.01. The van der Waals surface area contributed by atoms with E-state index in [1.54, 1.807) is 12.1 Å². The number of carbonyl (C=O) groups excluding carboxylic acids is 1. The molecule has 0 spiro atoms. The van der Waals surface area contributed by atoms with Gasteiger partial charge in [-0.1, -0.05) is 0 Å². The Morgan fingerprint density at radius 2 is 1.86 bits per heavy atom. The molecule has 0 unspecified atom stereocenters. The monoisotopic (exact) mass is 419 g/mol. The Bertz CT molecular complexity index is 990. The molecule has 2 aromatic carbocycles. The van der Waals surface area contributed by atoms with Gasteiger partial charge in [-0.2, -0.15) is 4.31 Å². The largest absolute Gasteiger partial charge is 0.497 e. The number of methoxy groups -OCH3 is 1. The van der Waals surface area contributed by atoms with Gasteiger partial charge in [0.15, 0.2) is 0 Å². The first kappa shape index (κ1) is 20.7. The van der Waals surface area contributed by atoms with Crippen LogP contribution in [0.1, 0.15) is 23.2 Å². The highest BCUT2D eigenvalue weighted by Crippen LogP contribution is 2.27. The fourth-order valence-corrected chi connectivity index (χ4v) is 4.95. The number of carbonyl (C=O) groups is 1. The third-order valence-electron chi connectivity index (χ3n) is 4.83. The van der Waals surface area contributed by atoms with Crippen molar-refractivity contribution in [2.45, 2.75) is 23.8 Å². The van der Waals surface area contributed by atoms with Crippen LogP contribution in [0.5, 0.6) is 5.75 Å². The summed E-state index contributed by atoms with van der Waals surface area (Å²) in [6.07, 6.45) is 1.34. The summed E-state index contributed by atoms with van der Waals surface area (Å²) in [6, 6.07) is 11.1. The number of sulfonamides is 1. The minimum absolute atomic E-state index is 0.103. The lowest BCUT2D eigenvalue weighted by molar-refractivity contribution is -0.384. The Morgan fingerprint density at radius 1 is 1.21 bits per heavy atom. The average molecular weight is 419 g/mol. The molecule has 1 saturated heterocycles. The van der Waals surface area contributed by atoms with Crippen LogP contribution < -0.4 is 10.1 Å². The molecule has 1 fully saturated rings. The predicted molar refractivity (Wildman–Crippen MR) is 105 cm³/mol. The number of nitrogens with zero attached hydrogens (tertiary/aromatic N) is 2. The first-order valence-corrected chi connectivity index (χ1v) is 10.5. The topological polar surface area (TPSA) is 119 Å². The fraction of sp³-hybridized carbons (Fsp3) is 0.316. The van der Waals surface area contributed by atoms with Crippen molar-refractivity contribution in [3.05, 3.63) is 64.2 Å². The zero-order valence-corrected chi connectivity index (χ0v) is 16.6. The maximum absolute atomic E-state index is 13.0. The van der Waals surface area contributed by atoms with E-state index in [0.29, 0.717) is 25.1 Å². The van der Waals surface area contributed by atoms with Gasteiger partial charge in [-0.15, -0.1) is 0 Å². The SMILES string of the molecule is COc1ccc(S(=O)(=O)N2CCC[C@H]2CNC(=O)c2ccc([N+](=O)[O-])cc2)cc1. The van der Waals surface area contributed by atoms with Crippen molar-refractivity contribution in [3.8, 4) is 5.75 Å². The number of non-ortho nitro benzene ring substituents is 1. The van der Waals surface area contributed by atoms with Crippen LogP contribution >= 0.6 is 0 Å². The van der Waals surface area contributed by atoms with Crippen molar-refractivity contribution in [2.75, 3.05) is 20.2 Å². The summed E-state index contributed by atoms with van der Waals surface area (Å²) in [5.41, 5.74) is 0.173. The van der Waals surface area contributed by atoms with E-state index in [0.717, 1.165) is 0 Å². The standard InChI is InChI=1S/C19H21N3O6S/c1-28-17-8-10-18(11-9-17)29(26,27)21-12-2-3-16(21)13-20-19(23)14-4-6-15(7-5-14)22(24)25/h4-11,16H,2-3,12-13H2,1H3,(H,20,23)/t16-/m0/s1. The lowest BCUT2D eigenvalue weighted by Crippen LogP contribution is -2.43. The Kier molecular flexibility index (Phi) is 6.14. The van der Waals surface area contributed by atoms with Crippen molar-refractivity contribution in [2.24, 2.45) is 0 Å². The minimum Gasteiger partial charge on any atom is -0.497 e. The summed E-state index contributed by atoms with van der Waals surface area (Å²) in [4.78, 5) is 22.7. The molecule has 1 heterocycles. The van der Waals surface area contributed by atoms with E-state index in [-0.39, 0.29) is 28.7 Å². The molecular weight excluding hydrogens is 398 g/mol. The number of ether oxygens (including phenoxy) is 1. The Labute approximate surface area is 168 Å². The number of amides is 1. The molecule has 9 nitrogen and oxygen atoms in total. The van der Waals surface area contributed by atoms with Gasteiger partial charge in [-0.05, 0) is 49.2 Å². The molecule has 3 rings (SSSR count). The third-order valence-corrected chi connectivity index (χ3v) is 6.79. The third kappa shape index (κ3) is 4.54. The summed E-state index contributed by atoms with van der Waals surface area (Å²) in [6.45, 7) is 0.539. The van der Waals surface area contributed by atoms with E-state index >= 15 is 0 Å². The number of benzene rings is 2. The number of nitro groups is 1. The van der Waals surface area contributed by atoms with Crippen molar-refractivity contribution >= 4 is 21.6 Å². The quantitative estimate of drug-likeness (QED) is 0.543. The molecule has 0 aliphatic carbocycles. The molecule has 0 aromatic heterocycles. The van der Waals surface area contributed by atoms with Crippen LogP contribution in [0.4, 0.5) is 5.69 Å². The van der Waals surface area contributed by atoms with Gasteiger partial charge in [0.2, 0.25) is 10.0 Å². The molecule has 1 amide bonds. The van der Waals surface area contributed by atoms with Gasteiger partial charge in [0.25, 0.3) is 11.6 Å². The number of hydrogen-bond donors (Lipinski definition) is 1. The molecular formula is C19H21N3O6S. The van der Waals surface area contributed by atoms with Crippen molar-refractivity contribution in [1.29, 1.82) is 0 Å². The molecule has 1 aliphatic rings. The van der Waals surface area contributed by atoms with Gasteiger partial charge in [0.1, 0.15) is 5.75 Å². The van der Waals surface area contributed by atoms with Crippen LogP contribution in [0, 0.1) is 10.1 Å². The Hall–Kier alpha value is -2.98. The molecule has 1 aliphatic heterocycles. The van der Waals surface area contributed by atoms with Crippen LogP contribution in [0.3, 0.4) is 0 Å². The zero-order chi connectivity index (χ0) is 21.0. The second-order valence-electron chi connectivity index (χ2n) is 6.60. The van der Waals surface area contributed by atoms with E-state index in [2.05, 4.69) is 5.32 Å². The van der Waals surface area contributed by atoms with Crippen LogP contribution in [-0.2, 0) is 10.0 Å². The second kappa shape index (κ2) is 8.58. The van der Waals surface area contributed by atoms with Gasteiger partial charge < -0.3 is 10.1 Å². The number of rotatable bonds is 7. The van der Waals surface area contributed by atoms with Gasteiger partial charge in [-0.3, -0.25) is 14.9 Å². The molecule has 2 aromatic rings. The van der Waals surface area contributed by atoms with E-state index in [1.807, 2.05) is 0 Å². The lowest BCUT2D eigenvalue weighted by atomic mass is 10.2. The molecule has 0 radical (unpaired) electrons. The summed E-state index contributed by atoms with van der Waals surface area (Å²) in [5.74, 6) is 0.158. The zero-order valence-electron chi connectivity index (χ0n) is 15.8. The Balaban J connectivity index is 1.67. The van der Waals surface area contributed by atoms with Crippen LogP contribution in [0.15, 0.2) is 53.4 Å². The number of nitrogens with one attached hydrogen (secondary N) is 1. The molecule has 0 bridgehead atoms. The molecule has 0 saturated carbocycles. The maximum atomic E-state index is 13.0. The van der Waals surface area contributed by atoms with Crippen molar-refractivity contribution < 1.29 is 22.9 Å². The fourth-order valence-electron chi connectivity index (χ4n) is 3.26. The maximum Gasteiger partial charge on any atom is 0.269 e. The van der Waals surface area contributed by atoms with Gasteiger partial charge in [-0.25, -0.2) is 8.42 Å². The number of hydrogen-bond acceptors (Lipinski definition) is 6. The summed E-state index contributed by atoms with van der Waals surface area (Å²) in [7, 11) is -2.18. The molecule has 154 valence electrons. The van der Waals surface area contributed by atoms with Crippen LogP contribution in [0.2, 0.25) is 0 Å². The number of nitro benzene ring substituents is 1. The van der Waals surface area contributed by atoms with Gasteiger partial charge >= 0.3 is 0 Å². The summed E-state index contributed by atoms with van der Waals surface area (Å²) >= 11 is 0. The van der Waals surface area contributed by atoms with Crippen molar-refractivity contribution in [3.63, 3.8) is 0 Å². The highest BCUT2D eigenvalue weighted by atomic mass is 32.2. The molecule has 10 heteroatoms. The second-order valence-corrected chi connectivity index (χ2v) is 8.49. The van der Waals surface area contributed by atoms with E-state index in [9.17, 15) is 23.3 Å². The van der Waals surface area contributed by atoms with E-state index < -0.39 is 20.9 Å². The normalized spacial score (nSPS) is 17.1. The van der Waals surface area contributed by atoms with Gasteiger partial charge in [0.05, 0.1) is 16.9 Å². The summed E-state index contributed by atoms with van der Waals surface area (Å²) < 4.78 is 32.4. The molecule has 29 heavy (non-hydrogen) atoms. The van der Waals surface area contributed by atoms with Crippen LogP contribution in [0.25, 0.3) is 0 Å². The lowest BCUT2D eigenvalue weighted by Gasteiger charge is -2.24.